The summed E-state index contributed by atoms with van der Waals surface area (Å²) < 4.78 is 0. The van der Waals surface area contributed by atoms with E-state index in [0.29, 0.717) is 55.0 Å². The fourth-order valence-corrected chi connectivity index (χ4v) is 7.43. The Balaban J connectivity index is 0.000000532. The topological polar surface area (TPSA) is 467 Å². The highest BCUT2D eigenvalue weighted by atomic mass is 16.7. The Kier molecular flexibility index (Phi) is 33.3. The maximum atomic E-state index is 10.9. The Labute approximate surface area is 485 Å². The molecule has 0 radical (unpaired) electrons. The van der Waals surface area contributed by atoms with Crippen molar-refractivity contribution in [2.75, 3.05) is 35.6 Å². The van der Waals surface area contributed by atoms with Gasteiger partial charge in [-0.2, -0.15) is 0 Å². The lowest BCUT2D eigenvalue weighted by atomic mass is 10.0. The quantitative estimate of drug-likeness (QED) is 0.0218. The van der Waals surface area contributed by atoms with E-state index in [0.717, 1.165) is 101 Å². The van der Waals surface area contributed by atoms with Gasteiger partial charge in [-0.25, -0.2) is 0 Å². The summed E-state index contributed by atoms with van der Waals surface area (Å²) in [7, 11) is 0. The Morgan fingerprint density at radius 1 is 0.282 bits per heavy atom. The molecule has 460 valence electrons. The van der Waals surface area contributed by atoms with E-state index in [4.69, 9.17) is 0 Å². The number of benzene rings is 5. The van der Waals surface area contributed by atoms with Crippen molar-refractivity contribution in [1.29, 1.82) is 0 Å². The van der Waals surface area contributed by atoms with Crippen molar-refractivity contribution < 1.29 is 49.2 Å². The highest BCUT2D eigenvalue weighted by Gasteiger charge is 2.23. The van der Waals surface area contributed by atoms with Gasteiger partial charge in [0.2, 0.25) is 0 Å². The smallest absolute Gasteiger partial charge is 0.299 e. The molecule has 0 spiro atoms. The van der Waals surface area contributed by atoms with E-state index in [1.165, 1.54) is 67.1 Å². The van der Waals surface area contributed by atoms with Crippen molar-refractivity contribution in [3.8, 4) is 0 Å². The second-order valence-corrected chi connectivity index (χ2v) is 18.0. The summed E-state index contributed by atoms with van der Waals surface area (Å²) in [6, 6.07) is 18.4. The van der Waals surface area contributed by atoms with Crippen LogP contribution in [0.25, 0.3) is 0 Å². The zero-order chi connectivity index (χ0) is 64.2. The maximum Gasteiger partial charge on any atom is 0.299 e. The first kappa shape index (κ1) is 72.5. The van der Waals surface area contributed by atoms with E-state index in [1.54, 1.807) is 6.92 Å². The molecule has 0 aliphatic carbocycles. The molecule has 3 N–H and O–H groups in total. The van der Waals surface area contributed by atoms with E-state index in [-0.39, 0.29) is 62.6 Å². The largest absolute Gasteiger partial charge is 0.380 e. The molecule has 0 amide bonds. The molecule has 0 aliphatic rings. The van der Waals surface area contributed by atoms with Gasteiger partial charge >= 0.3 is 0 Å². The molecule has 5 rings (SSSR count). The number of nitro benzene ring substituents is 10. The zero-order valence-corrected chi connectivity index (χ0v) is 47.3. The van der Waals surface area contributed by atoms with E-state index in [9.17, 15) is 101 Å². The second-order valence-electron chi connectivity index (χ2n) is 18.0. The number of hydrogen-bond acceptors (Lipinski definition) is 23. The predicted octanol–water partition coefficient (Wildman–Crippen LogP) is 14.6. The number of nitro groups is 10. The molecule has 33 heteroatoms. The van der Waals surface area contributed by atoms with Crippen LogP contribution in [0.3, 0.4) is 0 Å². The summed E-state index contributed by atoms with van der Waals surface area (Å²) in [6.45, 7) is 11.7. The fraction of sp³-hybridized carbons (Fsp3) is 0.423. The molecule has 0 unspecified atom stereocenters. The summed E-state index contributed by atoms with van der Waals surface area (Å²) in [6.07, 6.45) is 13.2. The number of non-ortho nitro benzene ring substituents is 5. The number of nitrogens with one attached hydrogen (secondary N) is 3. The molecule has 5 aromatic rings. The summed E-state index contributed by atoms with van der Waals surface area (Å²) in [5, 5.41) is 115. The molecular formula is C52H67N13O20. The normalized spacial score (nSPS) is 10.0. The highest BCUT2D eigenvalue weighted by molar-refractivity contribution is 5.67. The number of rotatable bonds is 30. The van der Waals surface area contributed by atoms with Gasteiger partial charge in [0, 0.05) is 61.1 Å². The average Bonchev–Trinajstić information content (AvgIpc) is 3.67. The molecule has 0 atom stereocenters. The third-order valence-electron chi connectivity index (χ3n) is 11.7. The van der Waals surface area contributed by atoms with Crippen LogP contribution >= 0.6 is 0 Å². The van der Waals surface area contributed by atoms with Gasteiger partial charge in [-0.15, -0.1) is 0 Å². The Morgan fingerprint density at radius 3 is 0.859 bits per heavy atom. The van der Waals surface area contributed by atoms with E-state index in [2.05, 4.69) is 29.8 Å². The standard InChI is InChI=1S/C13H18N2O4.C11H15N3O4.C11H14N2O4.C9H11N3O4.C8H9N3O4/c1-2-3-4-5-6-7-11-8-9-12(14(16)17)10-13(11)15(18)19;1-2-3-4-7-12-10-6-5-9(13(15)16)8-11(10)14(17)18;1-2-3-4-5-9-6-7-10(12(14)15)8-11(9)13(16)17;1-2-5-10-8-4-3-7(11(13)14)6-9(8)12(15)16;1-2-9-7-4-3-6(10(12)13)5-8(7)11(14)15/h8-10H,2-7H2,1H3;5-6,8,12H,2-4,7H2,1H3;6-8H,2-5H2,1H3;3-4,6,10H,2,5H2,1H3;3-5,9H,2H2,1H3. The molecule has 5 aromatic carbocycles. The van der Waals surface area contributed by atoms with Crippen molar-refractivity contribution in [2.45, 2.75) is 125 Å². The lowest BCUT2D eigenvalue weighted by Crippen LogP contribution is -2.04. The van der Waals surface area contributed by atoms with Crippen molar-refractivity contribution in [1.82, 2.24) is 0 Å². The van der Waals surface area contributed by atoms with Crippen LogP contribution in [0.5, 0.6) is 0 Å². The fourth-order valence-electron chi connectivity index (χ4n) is 7.43. The van der Waals surface area contributed by atoms with Crippen molar-refractivity contribution in [2.24, 2.45) is 0 Å². The lowest BCUT2D eigenvalue weighted by molar-refractivity contribution is -0.394. The monoisotopic (exact) mass is 1190 g/mol. The first-order valence-corrected chi connectivity index (χ1v) is 26.6. The Bertz CT molecular complexity index is 3110. The van der Waals surface area contributed by atoms with Gasteiger partial charge in [0.15, 0.2) is 0 Å². The van der Waals surface area contributed by atoms with Crippen LogP contribution in [0.4, 0.5) is 73.9 Å². The van der Waals surface area contributed by atoms with Crippen LogP contribution in [0.1, 0.15) is 123 Å². The minimum Gasteiger partial charge on any atom is -0.380 e. The van der Waals surface area contributed by atoms with E-state index < -0.39 is 49.2 Å². The number of unbranched alkanes of at least 4 members (excludes halogenated alkanes) is 8. The third-order valence-corrected chi connectivity index (χ3v) is 11.7. The second kappa shape index (κ2) is 39.0. The van der Waals surface area contributed by atoms with Crippen LogP contribution in [0, 0.1) is 101 Å². The van der Waals surface area contributed by atoms with E-state index in [1.807, 2.05) is 13.8 Å². The van der Waals surface area contributed by atoms with Crippen LogP contribution in [0.2, 0.25) is 0 Å². The van der Waals surface area contributed by atoms with Crippen LogP contribution in [-0.4, -0.2) is 68.9 Å². The molecule has 33 nitrogen and oxygen atoms in total. The summed E-state index contributed by atoms with van der Waals surface area (Å²) >= 11 is 0. The van der Waals surface area contributed by atoms with Crippen molar-refractivity contribution >= 4 is 73.9 Å². The molecule has 0 aromatic heterocycles. The predicted molar refractivity (Wildman–Crippen MR) is 315 cm³/mol. The molecule has 0 saturated heterocycles. The molecule has 0 heterocycles. The first-order chi connectivity index (χ1) is 40.3. The third kappa shape index (κ3) is 26.3. The molecule has 0 fully saturated rings. The summed E-state index contributed by atoms with van der Waals surface area (Å²) in [5.74, 6) is 0. The Hall–Kier alpha value is -10.5. The molecule has 85 heavy (non-hydrogen) atoms. The lowest BCUT2D eigenvalue weighted by Gasteiger charge is -2.06. The SMILES string of the molecule is CCCCCCCc1ccc([N+](=O)[O-])cc1[N+](=O)[O-].CCCCCNc1ccc([N+](=O)[O-])cc1[N+](=O)[O-].CCCCCc1ccc([N+](=O)[O-])cc1[N+](=O)[O-].CCCNc1ccc([N+](=O)[O-])cc1[N+](=O)[O-].CCNc1ccc([N+](=O)[O-])cc1[N+](=O)[O-]. The highest BCUT2D eigenvalue weighted by Crippen LogP contribution is 2.32. The van der Waals surface area contributed by atoms with Crippen LogP contribution in [-0.2, 0) is 12.8 Å². The average molecular weight is 1190 g/mol. The number of anilines is 3. The Morgan fingerprint density at radius 2 is 0.553 bits per heavy atom. The van der Waals surface area contributed by atoms with Gasteiger partial charge in [0.05, 0.1) is 79.6 Å². The van der Waals surface area contributed by atoms with Crippen LogP contribution < -0.4 is 16.0 Å². The minimum atomic E-state index is -0.664. The molecular weight excluding hydrogens is 1130 g/mol. The first-order valence-electron chi connectivity index (χ1n) is 26.6. The number of aryl methyl sites for hydroxylation is 2. The van der Waals surface area contributed by atoms with Gasteiger partial charge in [0.1, 0.15) is 17.1 Å². The van der Waals surface area contributed by atoms with Gasteiger partial charge in [-0.05, 0) is 75.8 Å². The molecule has 0 aliphatic heterocycles. The maximum absolute atomic E-state index is 10.9. The summed E-state index contributed by atoms with van der Waals surface area (Å²) in [4.78, 5) is 100. The van der Waals surface area contributed by atoms with Crippen molar-refractivity contribution in [3.05, 3.63) is 203 Å². The van der Waals surface area contributed by atoms with Crippen molar-refractivity contribution in [3.63, 3.8) is 0 Å². The van der Waals surface area contributed by atoms with Gasteiger partial charge in [-0.3, -0.25) is 101 Å². The van der Waals surface area contributed by atoms with Gasteiger partial charge < -0.3 is 16.0 Å². The zero-order valence-electron chi connectivity index (χ0n) is 47.3. The van der Waals surface area contributed by atoms with Crippen LogP contribution in [0.15, 0.2) is 91.0 Å². The minimum absolute atomic E-state index is 0.148. The van der Waals surface area contributed by atoms with Gasteiger partial charge in [-0.1, -0.05) is 79.1 Å². The molecule has 0 saturated carbocycles. The number of nitrogens with zero attached hydrogens (tertiary/aromatic N) is 10. The molecule has 0 bridgehead atoms. The van der Waals surface area contributed by atoms with Gasteiger partial charge in [0.25, 0.3) is 56.9 Å². The summed E-state index contributed by atoms with van der Waals surface area (Å²) in [5.41, 5.74) is -0.405. The number of hydrogen-bond donors (Lipinski definition) is 3. The van der Waals surface area contributed by atoms with E-state index >= 15 is 0 Å².